The first-order valence-electron chi connectivity index (χ1n) is 8.05. The van der Waals surface area contributed by atoms with Gasteiger partial charge in [0.05, 0.1) is 5.92 Å². The second kappa shape index (κ2) is 6.21. The monoisotopic (exact) mass is 288 g/mol. The molecule has 0 amide bonds. The molecule has 1 aromatic carbocycles. The molecule has 2 nitrogen and oxygen atoms in total. The van der Waals surface area contributed by atoms with Crippen molar-refractivity contribution >= 4 is 5.97 Å². The van der Waals surface area contributed by atoms with Crippen LogP contribution < -0.4 is 0 Å². The van der Waals surface area contributed by atoms with Crippen molar-refractivity contribution in [2.75, 3.05) is 0 Å². The zero-order valence-corrected chi connectivity index (χ0v) is 13.7. The van der Waals surface area contributed by atoms with Crippen LogP contribution in [0.4, 0.5) is 0 Å². The number of hydrogen-bond donors (Lipinski definition) is 1. The van der Waals surface area contributed by atoms with Gasteiger partial charge in [-0.2, -0.15) is 0 Å². The van der Waals surface area contributed by atoms with E-state index < -0.39 is 5.97 Å². The molecule has 1 aromatic rings. The van der Waals surface area contributed by atoms with E-state index in [9.17, 15) is 9.90 Å². The van der Waals surface area contributed by atoms with Crippen LogP contribution in [0.5, 0.6) is 0 Å². The molecule has 2 rings (SSSR count). The Hall–Kier alpha value is -1.31. The lowest BCUT2D eigenvalue weighted by Gasteiger charge is -2.40. The van der Waals surface area contributed by atoms with Crippen molar-refractivity contribution in [2.24, 2.45) is 23.2 Å². The zero-order valence-electron chi connectivity index (χ0n) is 13.7. The van der Waals surface area contributed by atoms with Gasteiger partial charge in [-0.1, -0.05) is 50.6 Å². The predicted molar refractivity (Wildman–Crippen MR) is 86.3 cm³/mol. The molecule has 0 bridgehead atoms. The summed E-state index contributed by atoms with van der Waals surface area (Å²) in [6.07, 6.45) is 3.80. The van der Waals surface area contributed by atoms with Gasteiger partial charge in [-0.3, -0.25) is 4.79 Å². The second-order valence-electron chi connectivity index (χ2n) is 7.77. The van der Waals surface area contributed by atoms with Gasteiger partial charge in [-0.05, 0) is 55.4 Å². The summed E-state index contributed by atoms with van der Waals surface area (Å²) in [5.41, 5.74) is 2.80. The fraction of sp³-hybridized carbons (Fsp3) is 0.632. The smallest absolute Gasteiger partial charge is 0.306 e. The maximum absolute atomic E-state index is 11.6. The molecule has 3 atom stereocenters. The van der Waals surface area contributed by atoms with Gasteiger partial charge in [0.1, 0.15) is 0 Å². The van der Waals surface area contributed by atoms with Crippen molar-refractivity contribution in [3.05, 3.63) is 35.4 Å². The van der Waals surface area contributed by atoms with Gasteiger partial charge >= 0.3 is 5.97 Å². The van der Waals surface area contributed by atoms with Crippen LogP contribution in [0.1, 0.15) is 51.2 Å². The van der Waals surface area contributed by atoms with E-state index in [-0.39, 0.29) is 17.3 Å². The van der Waals surface area contributed by atoms with E-state index in [1.807, 2.05) is 0 Å². The average molecular weight is 288 g/mol. The van der Waals surface area contributed by atoms with Gasteiger partial charge in [0.25, 0.3) is 0 Å². The number of carboxylic acids is 1. The van der Waals surface area contributed by atoms with Crippen LogP contribution in [0.2, 0.25) is 0 Å². The minimum absolute atomic E-state index is 0.177. The molecule has 0 heterocycles. The third-order valence-corrected chi connectivity index (χ3v) is 5.10. The Bertz CT molecular complexity index is 499. The van der Waals surface area contributed by atoms with Crippen LogP contribution in [-0.4, -0.2) is 11.1 Å². The molecule has 0 radical (unpaired) electrons. The fourth-order valence-corrected chi connectivity index (χ4v) is 3.74. The highest BCUT2D eigenvalue weighted by molar-refractivity contribution is 5.70. The van der Waals surface area contributed by atoms with E-state index in [0.717, 1.165) is 25.7 Å². The van der Waals surface area contributed by atoms with Crippen molar-refractivity contribution in [3.8, 4) is 0 Å². The lowest BCUT2D eigenvalue weighted by atomic mass is 9.64. The number of aliphatic carboxylic acids is 1. The maximum Gasteiger partial charge on any atom is 0.306 e. The molecule has 0 aliphatic heterocycles. The highest BCUT2D eigenvalue weighted by atomic mass is 16.4. The molecule has 3 unspecified atom stereocenters. The average Bonchev–Trinajstić information content (AvgIpc) is 2.37. The van der Waals surface area contributed by atoms with E-state index in [2.05, 4.69) is 52.0 Å². The Morgan fingerprint density at radius 3 is 2.57 bits per heavy atom. The lowest BCUT2D eigenvalue weighted by Crippen LogP contribution is -2.36. The lowest BCUT2D eigenvalue weighted by molar-refractivity contribution is -0.146. The Kier molecular flexibility index (Phi) is 4.75. The minimum Gasteiger partial charge on any atom is -0.481 e. The number of carboxylic acid groups (broad SMARTS) is 1. The maximum atomic E-state index is 11.6. The molecule has 0 aromatic heterocycles. The third kappa shape index (κ3) is 4.09. The molecular weight excluding hydrogens is 260 g/mol. The summed E-state index contributed by atoms with van der Waals surface area (Å²) in [6.45, 7) is 8.93. The highest BCUT2D eigenvalue weighted by Crippen LogP contribution is 2.43. The molecule has 1 saturated carbocycles. The summed E-state index contributed by atoms with van der Waals surface area (Å²) < 4.78 is 0. The summed E-state index contributed by atoms with van der Waals surface area (Å²) in [5, 5.41) is 9.53. The SMILES string of the molecule is Cc1cccc(CC2CC(C(C)(C)C)CCC2C(=O)O)c1. The van der Waals surface area contributed by atoms with E-state index >= 15 is 0 Å². The van der Waals surface area contributed by atoms with E-state index in [1.54, 1.807) is 0 Å². The topological polar surface area (TPSA) is 37.3 Å². The molecule has 1 N–H and O–H groups in total. The van der Waals surface area contributed by atoms with Crippen LogP contribution in [0, 0.1) is 30.1 Å². The van der Waals surface area contributed by atoms with Crippen molar-refractivity contribution < 1.29 is 9.90 Å². The molecule has 21 heavy (non-hydrogen) atoms. The van der Waals surface area contributed by atoms with Crippen molar-refractivity contribution in [1.82, 2.24) is 0 Å². The van der Waals surface area contributed by atoms with Gasteiger partial charge < -0.3 is 5.11 Å². The largest absolute Gasteiger partial charge is 0.481 e. The van der Waals surface area contributed by atoms with Gasteiger partial charge in [0.15, 0.2) is 0 Å². The Morgan fingerprint density at radius 1 is 1.29 bits per heavy atom. The standard InChI is InChI=1S/C19H28O2/c1-13-6-5-7-14(10-13)11-15-12-16(19(2,3)4)8-9-17(15)18(20)21/h5-7,10,15-17H,8-9,11-12H2,1-4H3,(H,20,21). The van der Waals surface area contributed by atoms with E-state index in [4.69, 9.17) is 0 Å². The highest BCUT2D eigenvalue weighted by Gasteiger charge is 2.38. The van der Waals surface area contributed by atoms with Gasteiger partial charge in [0, 0.05) is 0 Å². The Labute approximate surface area is 128 Å². The number of rotatable bonds is 3. The van der Waals surface area contributed by atoms with Crippen molar-refractivity contribution in [2.45, 2.75) is 53.4 Å². The molecule has 1 aliphatic carbocycles. The fourth-order valence-electron chi connectivity index (χ4n) is 3.74. The Balaban J connectivity index is 2.16. The second-order valence-corrected chi connectivity index (χ2v) is 7.77. The van der Waals surface area contributed by atoms with Crippen LogP contribution in [0.3, 0.4) is 0 Å². The number of benzene rings is 1. The summed E-state index contributed by atoms with van der Waals surface area (Å²) in [7, 11) is 0. The van der Waals surface area contributed by atoms with Crippen LogP contribution in [-0.2, 0) is 11.2 Å². The molecule has 116 valence electrons. The Morgan fingerprint density at radius 2 is 2.00 bits per heavy atom. The first-order valence-corrected chi connectivity index (χ1v) is 8.05. The summed E-state index contributed by atoms with van der Waals surface area (Å²) in [4.78, 5) is 11.6. The molecule has 0 spiro atoms. The van der Waals surface area contributed by atoms with Gasteiger partial charge in [0.2, 0.25) is 0 Å². The van der Waals surface area contributed by atoms with E-state index in [0.29, 0.717) is 5.92 Å². The first-order chi connectivity index (χ1) is 9.77. The molecule has 1 fully saturated rings. The third-order valence-electron chi connectivity index (χ3n) is 5.10. The van der Waals surface area contributed by atoms with Crippen LogP contribution in [0.25, 0.3) is 0 Å². The molecule has 1 aliphatic rings. The normalized spacial score (nSPS) is 26.6. The first kappa shape index (κ1) is 16.1. The predicted octanol–water partition coefficient (Wildman–Crippen LogP) is 4.70. The summed E-state index contributed by atoms with van der Waals surface area (Å²) >= 11 is 0. The number of carbonyl (C=O) groups is 1. The number of aryl methyl sites for hydroxylation is 1. The molecule has 0 saturated heterocycles. The van der Waals surface area contributed by atoms with Gasteiger partial charge in [-0.15, -0.1) is 0 Å². The summed E-state index contributed by atoms with van der Waals surface area (Å²) in [5.74, 6) is 0.106. The van der Waals surface area contributed by atoms with E-state index in [1.165, 1.54) is 11.1 Å². The number of hydrogen-bond acceptors (Lipinski definition) is 1. The molecular formula is C19H28O2. The summed E-state index contributed by atoms with van der Waals surface area (Å²) in [6, 6.07) is 8.49. The quantitative estimate of drug-likeness (QED) is 0.875. The minimum atomic E-state index is -0.611. The van der Waals surface area contributed by atoms with Crippen LogP contribution in [0.15, 0.2) is 24.3 Å². The van der Waals surface area contributed by atoms with Crippen LogP contribution >= 0.6 is 0 Å². The van der Waals surface area contributed by atoms with Gasteiger partial charge in [-0.25, -0.2) is 0 Å². The zero-order chi connectivity index (χ0) is 15.6. The van der Waals surface area contributed by atoms with Crippen molar-refractivity contribution in [1.29, 1.82) is 0 Å². The molecule has 2 heteroatoms. The van der Waals surface area contributed by atoms with Crippen molar-refractivity contribution in [3.63, 3.8) is 0 Å².